The van der Waals surface area contributed by atoms with E-state index in [1.165, 1.54) is 0 Å². The highest BCUT2D eigenvalue weighted by Gasteiger charge is 2.76. The van der Waals surface area contributed by atoms with Gasteiger partial charge in [0.15, 0.2) is 0 Å². The molecule has 0 aromatic heterocycles. The molecule has 1 aromatic carbocycles. The van der Waals surface area contributed by atoms with E-state index >= 15 is 0 Å². The van der Waals surface area contributed by atoms with Crippen molar-refractivity contribution in [2.75, 3.05) is 51.3 Å². The van der Waals surface area contributed by atoms with Crippen molar-refractivity contribution < 1.29 is 24.2 Å². The zero-order valence-corrected chi connectivity index (χ0v) is 23.4. The van der Waals surface area contributed by atoms with E-state index in [4.69, 9.17) is 4.74 Å². The van der Waals surface area contributed by atoms with Gasteiger partial charge in [-0.25, -0.2) is 0 Å². The van der Waals surface area contributed by atoms with Crippen LogP contribution in [-0.4, -0.2) is 106 Å². The van der Waals surface area contributed by atoms with E-state index in [0.29, 0.717) is 44.8 Å². The maximum absolute atomic E-state index is 14.0. The second-order valence-corrected chi connectivity index (χ2v) is 13.0. The molecule has 0 radical (unpaired) electrons. The summed E-state index contributed by atoms with van der Waals surface area (Å²) in [6.45, 7) is 5.91. The highest BCUT2D eigenvalue weighted by atomic mass is 79.9. The third kappa shape index (κ3) is 4.82. The average molecular weight is 596 g/mol. The predicted molar refractivity (Wildman–Crippen MR) is 146 cm³/mol. The second kappa shape index (κ2) is 11.2. The number of likely N-dealkylation sites (tertiary alicyclic amines) is 1. The number of thioether (sulfide) groups is 1. The van der Waals surface area contributed by atoms with Crippen molar-refractivity contribution in [3.05, 3.63) is 30.3 Å². The van der Waals surface area contributed by atoms with Crippen LogP contribution in [0.3, 0.4) is 0 Å². The second-order valence-electron chi connectivity index (χ2n) is 10.3. The minimum absolute atomic E-state index is 0.00544. The SMILES string of the molecule is CC[C@@H](CO)N1C(=O)[C@@H]2[C@H](C(=O)Nc3ccccc3)[C@H]3SC2(CC3Br)C1C(=O)NCCN1CCOCC1. The number of nitrogens with zero attached hydrogens (tertiary/aromatic N) is 2. The molecule has 5 rings (SSSR count). The lowest BCUT2D eigenvalue weighted by molar-refractivity contribution is -0.142. The van der Waals surface area contributed by atoms with Gasteiger partial charge in [-0.05, 0) is 25.0 Å². The monoisotopic (exact) mass is 594 g/mol. The van der Waals surface area contributed by atoms with Crippen LogP contribution in [0.1, 0.15) is 19.8 Å². The van der Waals surface area contributed by atoms with Crippen LogP contribution in [0.15, 0.2) is 30.3 Å². The van der Waals surface area contributed by atoms with Crippen LogP contribution in [0.5, 0.6) is 0 Å². The van der Waals surface area contributed by atoms with Crippen LogP contribution in [0, 0.1) is 11.8 Å². The Morgan fingerprint density at radius 3 is 2.65 bits per heavy atom. The van der Waals surface area contributed by atoms with Gasteiger partial charge >= 0.3 is 0 Å². The highest BCUT2D eigenvalue weighted by Crippen LogP contribution is 2.68. The van der Waals surface area contributed by atoms with Crippen molar-refractivity contribution in [1.82, 2.24) is 15.1 Å². The van der Waals surface area contributed by atoms with Gasteiger partial charge in [-0.3, -0.25) is 19.3 Å². The Labute approximate surface area is 230 Å². The molecule has 4 fully saturated rings. The zero-order valence-electron chi connectivity index (χ0n) is 21.0. The van der Waals surface area contributed by atoms with Gasteiger partial charge in [-0.1, -0.05) is 41.1 Å². The third-order valence-electron chi connectivity index (χ3n) is 8.23. The Morgan fingerprint density at radius 2 is 1.97 bits per heavy atom. The molecule has 4 aliphatic rings. The molecule has 202 valence electrons. The molecule has 4 saturated heterocycles. The molecule has 3 N–H and O–H groups in total. The highest BCUT2D eigenvalue weighted by molar-refractivity contribution is 9.09. The van der Waals surface area contributed by atoms with Crippen LogP contribution in [-0.2, 0) is 19.1 Å². The number of amides is 3. The lowest BCUT2D eigenvalue weighted by atomic mass is 9.70. The van der Waals surface area contributed by atoms with Gasteiger partial charge in [0.2, 0.25) is 17.7 Å². The van der Waals surface area contributed by atoms with E-state index in [1.807, 2.05) is 37.3 Å². The van der Waals surface area contributed by atoms with Gasteiger partial charge in [0.1, 0.15) is 6.04 Å². The molecule has 2 bridgehead atoms. The number of para-hydroxylation sites is 1. The number of ether oxygens (including phenoxy) is 1. The Hall–Kier alpha value is -1.66. The van der Waals surface area contributed by atoms with Crippen LogP contribution >= 0.6 is 27.7 Å². The summed E-state index contributed by atoms with van der Waals surface area (Å²) in [4.78, 5) is 45.3. The van der Waals surface area contributed by atoms with E-state index in [2.05, 4.69) is 31.5 Å². The van der Waals surface area contributed by atoms with Crippen molar-refractivity contribution in [2.45, 2.75) is 46.7 Å². The summed E-state index contributed by atoms with van der Waals surface area (Å²) in [5, 5.41) is 16.1. The fourth-order valence-electron chi connectivity index (χ4n) is 6.48. The van der Waals surface area contributed by atoms with Gasteiger partial charge < -0.3 is 25.4 Å². The number of nitrogens with one attached hydrogen (secondary N) is 2. The number of rotatable bonds is 9. The van der Waals surface area contributed by atoms with Gasteiger partial charge in [-0.15, -0.1) is 11.8 Å². The summed E-state index contributed by atoms with van der Waals surface area (Å²) < 4.78 is 4.68. The van der Waals surface area contributed by atoms with Crippen molar-refractivity contribution in [3.8, 4) is 0 Å². The van der Waals surface area contributed by atoms with Gasteiger partial charge in [0.05, 0.1) is 42.4 Å². The summed E-state index contributed by atoms with van der Waals surface area (Å²) in [6.07, 6.45) is 1.14. The summed E-state index contributed by atoms with van der Waals surface area (Å²) in [5.74, 6) is -1.78. The third-order valence-corrected chi connectivity index (χ3v) is 11.4. The first-order valence-corrected chi connectivity index (χ1v) is 14.9. The maximum atomic E-state index is 14.0. The van der Waals surface area contributed by atoms with E-state index < -0.39 is 28.7 Å². The smallest absolute Gasteiger partial charge is 0.244 e. The number of alkyl halides is 1. The first-order valence-electron chi connectivity index (χ1n) is 13.1. The predicted octanol–water partition coefficient (Wildman–Crippen LogP) is 1.31. The number of hydrogen-bond donors (Lipinski definition) is 3. The molecule has 3 unspecified atom stereocenters. The number of fused-ring (bicyclic) bond motifs is 1. The fraction of sp³-hybridized carbons (Fsp3) is 0.654. The molecule has 1 spiro atoms. The van der Waals surface area contributed by atoms with Crippen LogP contribution in [0.25, 0.3) is 0 Å². The largest absolute Gasteiger partial charge is 0.394 e. The quantitative estimate of drug-likeness (QED) is 0.370. The number of benzene rings is 1. The summed E-state index contributed by atoms with van der Waals surface area (Å²) in [6, 6.07) is 8.02. The Kier molecular flexibility index (Phi) is 8.16. The molecule has 0 aliphatic carbocycles. The van der Waals surface area contributed by atoms with Crippen molar-refractivity contribution in [3.63, 3.8) is 0 Å². The van der Waals surface area contributed by atoms with E-state index in [9.17, 15) is 19.5 Å². The van der Waals surface area contributed by atoms with Crippen molar-refractivity contribution in [2.24, 2.45) is 11.8 Å². The molecule has 4 aliphatic heterocycles. The molecule has 7 atom stereocenters. The normalized spacial score (nSPS) is 33.9. The molecule has 3 amide bonds. The van der Waals surface area contributed by atoms with Crippen LogP contribution < -0.4 is 10.6 Å². The van der Waals surface area contributed by atoms with E-state index in [-0.39, 0.29) is 34.4 Å². The Bertz CT molecular complexity index is 1010. The molecular weight excluding hydrogens is 560 g/mol. The van der Waals surface area contributed by atoms with Gasteiger partial charge in [-0.2, -0.15) is 0 Å². The number of morpholine rings is 1. The summed E-state index contributed by atoms with van der Waals surface area (Å²) in [7, 11) is 0. The number of carbonyl (C=O) groups is 3. The lowest BCUT2D eigenvalue weighted by Crippen LogP contribution is -2.57. The minimum atomic E-state index is -0.739. The molecule has 37 heavy (non-hydrogen) atoms. The number of carbonyl (C=O) groups excluding carboxylic acids is 3. The Morgan fingerprint density at radius 1 is 1.24 bits per heavy atom. The van der Waals surface area contributed by atoms with E-state index in [0.717, 1.165) is 13.1 Å². The lowest BCUT2D eigenvalue weighted by Gasteiger charge is -2.37. The summed E-state index contributed by atoms with van der Waals surface area (Å²) in [5.41, 5.74) is 0.682. The number of aliphatic hydroxyl groups excluding tert-OH is 1. The van der Waals surface area contributed by atoms with E-state index in [1.54, 1.807) is 16.7 Å². The standard InChI is InChI=1S/C26H35BrN4O5S/c1-2-17(15-32)31-22(24(34)28-8-9-30-10-12-36-13-11-30)26-14-18(27)21(37-26)19(20(26)25(31)35)23(33)29-16-6-4-3-5-7-16/h3-7,17-22,32H,2,8-15H2,1H3,(H,28,34)(H,29,33)/t17-,18?,19-,20-,21-,22?,26?/m0/s1. The topological polar surface area (TPSA) is 111 Å². The summed E-state index contributed by atoms with van der Waals surface area (Å²) >= 11 is 5.39. The maximum Gasteiger partial charge on any atom is 0.244 e. The minimum Gasteiger partial charge on any atom is -0.394 e. The molecule has 1 aromatic rings. The van der Waals surface area contributed by atoms with Crippen molar-refractivity contribution in [1.29, 1.82) is 0 Å². The number of halogens is 1. The Balaban J connectivity index is 1.41. The molecule has 9 nitrogen and oxygen atoms in total. The fourth-order valence-corrected chi connectivity index (χ4v) is 10.1. The average Bonchev–Trinajstić information content (AvgIpc) is 3.50. The van der Waals surface area contributed by atoms with Gasteiger partial charge in [0, 0.05) is 41.9 Å². The molecule has 4 heterocycles. The van der Waals surface area contributed by atoms with Gasteiger partial charge in [0.25, 0.3) is 0 Å². The zero-order chi connectivity index (χ0) is 26.2. The first kappa shape index (κ1) is 26.9. The number of hydrogen-bond acceptors (Lipinski definition) is 7. The van der Waals surface area contributed by atoms with Crippen LogP contribution in [0.2, 0.25) is 0 Å². The number of aliphatic hydroxyl groups is 1. The van der Waals surface area contributed by atoms with Crippen molar-refractivity contribution >= 4 is 51.1 Å². The first-order chi connectivity index (χ1) is 17.9. The van der Waals surface area contributed by atoms with Crippen LogP contribution in [0.4, 0.5) is 5.69 Å². The molecule has 0 saturated carbocycles. The molecule has 11 heteroatoms. The molecular formula is C26H35BrN4O5S. The number of anilines is 1.